The fourth-order valence-electron chi connectivity index (χ4n) is 4.32. The molecule has 2 fully saturated rings. The van der Waals surface area contributed by atoms with Crippen LogP contribution in [0.2, 0.25) is 0 Å². The smallest absolute Gasteiger partial charge is 0.367 e. The molecule has 3 heterocycles. The maximum atomic E-state index is 13.5. The molecule has 8 heteroatoms. The lowest BCUT2D eigenvalue weighted by Gasteiger charge is -2.32. The lowest BCUT2D eigenvalue weighted by molar-refractivity contribution is -0.173. The summed E-state index contributed by atoms with van der Waals surface area (Å²) in [4.78, 5) is 14.5. The van der Waals surface area contributed by atoms with Crippen LogP contribution >= 0.6 is 0 Å². The number of rotatable bonds is 3. The van der Waals surface area contributed by atoms with Crippen LogP contribution in [0, 0.1) is 11.8 Å². The summed E-state index contributed by atoms with van der Waals surface area (Å²) in [5, 5.41) is 7.50. The van der Waals surface area contributed by atoms with Crippen LogP contribution in [0.4, 0.5) is 19.0 Å². The Morgan fingerprint density at radius 1 is 1.38 bits per heavy atom. The first-order valence-electron chi connectivity index (χ1n) is 9.52. The average Bonchev–Trinajstić information content (AvgIpc) is 3.01. The zero-order valence-electron chi connectivity index (χ0n) is 15.1. The molecule has 4 rings (SSSR count). The first kappa shape index (κ1) is 17.7. The van der Waals surface area contributed by atoms with Gasteiger partial charge in [-0.2, -0.15) is 18.3 Å². The van der Waals surface area contributed by atoms with Gasteiger partial charge in [0.25, 0.3) is 0 Å². The van der Waals surface area contributed by atoms with E-state index in [0.29, 0.717) is 30.4 Å². The van der Waals surface area contributed by atoms with Gasteiger partial charge in [-0.05, 0) is 38.0 Å². The van der Waals surface area contributed by atoms with Gasteiger partial charge in [-0.25, -0.2) is 4.68 Å². The molecule has 0 aromatic carbocycles. The van der Waals surface area contributed by atoms with E-state index >= 15 is 0 Å². The van der Waals surface area contributed by atoms with E-state index in [2.05, 4.69) is 17.3 Å². The first-order chi connectivity index (χ1) is 12.3. The molecule has 0 bridgehead atoms. The molecule has 1 aromatic heterocycles. The Balaban J connectivity index is 1.62. The summed E-state index contributed by atoms with van der Waals surface area (Å²) in [5.74, 6) is 1.05. The molecule has 1 N–H and O–H groups in total. The minimum atomic E-state index is -4.33. The Morgan fingerprint density at radius 3 is 2.73 bits per heavy atom. The summed E-state index contributed by atoms with van der Waals surface area (Å²) in [7, 11) is 0. The van der Waals surface area contributed by atoms with Gasteiger partial charge in [-0.3, -0.25) is 4.79 Å². The van der Waals surface area contributed by atoms with E-state index in [9.17, 15) is 18.0 Å². The fraction of sp³-hybridized carbons (Fsp3) is 0.778. The van der Waals surface area contributed by atoms with Gasteiger partial charge in [0.15, 0.2) is 6.04 Å². The van der Waals surface area contributed by atoms with E-state index in [-0.39, 0.29) is 30.3 Å². The number of aromatic nitrogens is 2. The molecule has 0 spiro atoms. The number of hydrogen-bond acceptors (Lipinski definition) is 3. The molecule has 1 aliphatic carbocycles. The molecule has 1 aromatic rings. The van der Waals surface area contributed by atoms with Crippen LogP contribution in [0.25, 0.3) is 0 Å². The second kappa shape index (κ2) is 6.16. The number of carbonyl (C=O) groups excluding carboxylic acids is 1. The van der Waals surface area contributed by atoms with Gasteiger partial charge in [-0.15, -0.1) is 0 Å². The van der Waals surface area contributed by atoms with Crippen LogP contribution in [0.3, 0.4) is 0 Å². The summed E-state index contributed by atoms with van der Waals surface area (Å²) in [6, 6.07) is -0.310. The molecule has 1 saturated carbocycles. The van der Waals surface area contributed by atoms with Crippen molar-refractivity contribution >= 4 is 11.7 Å². The molecule has 0 radical (unpaired) electrons. The Bertz CT molecular complexity index is 701. The van der Waals surface area contributed by atoms with Gasteiger partial charge in [0.1, 0.15) is 5.82 Å². The third-order valence-electron chi connectivity index (χ3n) is 6.08. The molecule has 5 atom stereocenters. The van der Waals surface area contributed by atoms with Crippen molar-refractivity contribution in [3.05, 3.63) is 11.8 Å². The standard InChI is InChI=1S/C18H25F3N4O/c1-3-11-8-15(18(19,20)21)25-16(22-11)9-13(23-25)14-5-4-6-24(14)17(26)12-7-10(12)2/h9-12,14-15,22H,3-8H2,1-2H3/t10-,11+,12-,14-,15+/m0/s1. The predicted molar refractivity (Wildman–Crippen MR) is 90.6 cm³/mol. The second-order valence-corrected chi connectivity index (χ2v) is 7.95. The van der Waals surface area contributed by atoms with Crippen molar-refractivity contribution in [2.75, 3.05) is 11.9 Å². The number of alkyl halides is 3. The van der Waals surface area contributed by atoms with E-state index in [4.69, 9.17) is 0 Å². The Morgan fingerprint density at radius 2 is 2.12 bits per heavy atom. The van der Waals surface area contributed by atoms with Crippen LogP contribution in [0.1, 0.15) is 63.7 Å². The maximum absolute atomic E-state index is 13.5. The largest absolute Gasteiger partial charge is 0.410 e. The summed E-state index contributed by atoms with van der Waals surface area (Å²) in [6.45, 7) is 4.61. The molecule has 2 aliphatic heterocycles. The lowest BCUT2D eigenvalue weighted by atomic mass is 10.0. The fourth-order valence-corrected chi connectivity index (χ4v) is 4.32. The van der Waals surface area contributed by atoms with Crippen LogP contribution in [-0.2, 0) is 4.79 Å². The van der Waals surface area contributed by atoms with Crippen LogP contribution in [0.5, 0.6) is 0 Å². The number of likely N-dealkylation sites (tertiary alicyclic amines) is 1. The Labute approximate surface area is 150 Å². The average molecular weight is 370 g/mol. The van der Waals surface area contributed by atoms with Gasteiger partial charge >= 0.3 is 6.18 Å². The lowest BCUT2D eigenvalue weighted by Crippen LogP contribution is -2.39. The van der Waals surface area contributed by atoms with Crippen LogP contribution < -0.4 is 5.32 Å². The van der Waals surface area contributed by atoms with E-state index in [1.807, 2.05) is 11.8 Å². The molecule has 3 aliphatic rings. The van der Waals surface area contributed by atoms with Gasteiger partial charge in [0, 0.05) is 24.6 Å². The monoisotopic (exact) mass is 370 g/mol. The van der Waals surface area contributed by atoms with Crippen molar-refractivity contribution in [3.63, 3.8) is 0 Å². The number of anilines is 1. The van der Waals surface area contributed by atoms with E-state index in [1.54, 1.807) is 6.07 Å². The van der Waals surface area contributed by atoms with Crippen molar-refractivity contribution in [3.8, 4) is 0 Å². The highest BCUT2D eigenvalue weighted by molar-refractivity contribution is 5.82. The van der Waals surface area contributed by atoms with Gasteiger partial charge in [0.2, 0.25) is 5.91 Å². The molecule has 5 nitrogen and oxygen atoms in total. The maximum Gasteiger partial charge on any atom is 0.410 e. The van der Waals surface area contributed by atoms with Crippen molar-refractivity contribution < 1.29 is 18.0 Å². The van der Waals surface area contributed by atoms with Crippen molar-refractivity contribution in [2.24, 2.45) is 11.8 Å². The quantitative estimate of drug-likeness (QED) is 0.878. The van der Waals surface area contributed by atoms with Crippen LogP contribution in [0.15, 0.2) is 6.07 Å². The second-order valence-electron chi connectivity index (χ2n) is 7.95. The van der Waals surface area contributed by atoms with Crippen molar-refractivity contribution in [1.82, 2.24) is 14.7 Å². The highest BCUT2D eigenvalue weighted by Crippen LogP contribution is 2.45. The molecule has 0 unspecified atom stereocenters. The van der Waals surface area contributed by atoms with Crippen molar-refractivity contribution in [1.29, 1.82) is 0 Å². The minimum Gasteiger partial charge on any atom is -0.367 e. The van der Waals surface area contributed by atoms with Gasteiger partial charge in [0.05, 0.1) is 11.7 Å². The van der Waals surface area contributed by atoms with E-state index < -0.39 is 12.2 Å². The Hall–Kier alpha value is -1.73. The molecular weight excluding hydrogens is 345 g/mol. The SMILES string of the molecule is CC[C@@H]1C[C@H](C(F)(F)F)n2nc([C@@H]3CCCN3C(=O)[C@H]3C[C@@H]3C)cc2N1. The predicted octanol–water partition coefficient (Wildman–Crippen LogP) is 3.90. The van der Waals surface area contributed by atoms with E-state index in [0.717, 1.165) is 23.9 Å². The zero-order valence-corrected chi connectivity index (χ0v) is 15.1. The third kappa shape index (κ3) is 2.97. The molecule has 1 saturated heterocycles. The number of carbonyl (C=O) groups is 1. The van der Waals surface area contributed by atoms with Crippen LogP contribution in [-0.4, -0.2) is 39.4 Å². The number of nitrogens with one attached hydrogen (secondary N) is 1. The third-order valence-corrected chi connectivity index (χ3v) is 6.08. The van der Waals surface area contributed by atoms with Gasteiger partial charge in [-0.1, -0.05) is 13.8 Å². The van der Waals surface area contributed by atoms with Crippen molar-refractivity contribution in [2.45, 2.75) is 70.3 Å². The Kier molecular flexibility index (Phi) is 4.19. The highest BCUT2D eigenvalue weighted by atomic mass is 19.4. The minimum absolute atomic E-state index is 0.0129. The first-order valence-corrected chi connectivity index (χ1v) is 9.52. The number of amides is 1. The number of fused-ring (bicyclic) bond motifs is 1. The normalized spacial score (nSPS) is 33.7. The van der Waals surface area contributed by atoms with E-state index in [1.165, 1.54) is 0 Å². The summed E-state index contributed by atoms with van der Waals surface area (Å²) < 4.78 is 41.7. The summed E-state index contributed by atoms with van der Waals surface area (Å²) in [6.07, 6.45) is -1.17. The molecule has 144 valence electrons. The molecular formula is C18H25F3N4O. The summed E-state index contributed by atoms with van der Waals surface area (Å²) in [5.41, 5.74) is 0.581. The summed E-state index contributed by atoms with van der Waals surface area (Å²) >= 11 is 0. The number of nitrogens with zero attached hydrogens (tertiary/aromatic N) is 3. The topological polar surface area (TPSA) is 50.2 Å². The zero-order chi connectivity index (χ0) is 18.6. The molecule has 26 heavy (non-hydrogen) atoms. The highest BCUT2D eigenvalue weighted by Gasteiger charge is 2.48. The molecule has 1 amide bonds. The van der Waals surface area contributed by atoms with Gasteiger partial charge < -0.3 is 10.2 Å². The number of hydrogen-bond donors (Lipinski definition) is 1. The number of halogens is 3.